The van der Waals surface area contributed by atoms with Crippen LogP contribution in [0, 0.1) is 0 Å². The van der Waals surface area contributed by atoms with Crippen LogP contribution in [0.1, 0.15) is 6.92 Å². The minimum atomic E-state index is -1.48. The lowest BCUT2D eigenvalue weighted by Gasteiger charge is -2.38. The normalized spacial score (nSPS) is 39.4. The molecule has 0 bridgehead atoms. The van der Waals surface area contributed by atoms with E-state index in [4.69, 9.17) is 9.47 Å². The Morgan fingerprint density at radius 1 is 1.31 bits per heavy atom. The fraction of sp³-hybridized carbons (Fsp3) is 0.889. The maximum atomic E-state index is 11.5. The Bertz CT molecular complexity index is 246. The number of aliphatic hydroxyl groups is 3. The largest absolute Gasteiger partial charge is 0.387 e. The van der Waals surface area contributed by atoms with Crippen molar-refractivity contribution in [3.8, 4) is 0 Å². The summed E-state index contributed by atoms with van der Waals surface area (Å²) in [6.45, 7) is 2.09. The lowest BCUT2D eigenvalue weighted by Crippen LogP contribution is -2.61. The summed E-state index contributed by atoms with van der Waals surface area (Å²) in [5.41, 5.74) is 0. The number of carbonyl (C=O) groups excluding carboxylic acids is 1. The zero-order chi connectivity index (χ0) is 12.3. The molecule has 7 nitrogen and oxygen atoms in total. The molecule has 2 unspecified atom stereocenters. The molecule has 1 fully saturated rings. The number of likely N-dealkylation sites (N-methyl/N-ethyl adjacent to an activating group) is 1. The van der Waals surface area contributed by atoms with E-state index in [2.05, 4.69) is 5.32 Å². The molecular weight excluding hydrogens is 218 g/mol. The standard InChI is InChI=1S/C9H17NO6/c1-3-10-8(14)7-5(12)4(11)6(13)9(15-2)16-7/h4-7,9,11-13H,3H2,1-2H3,(H,10,14)/t4?,5-,6-,7?,9-/m0/s1. The van der Waals surface area contributed by atoms with Crippen molar-refractivity contribution in [1.29, 1.82) is 0 Å². The van der Waals surface area contributed by atoms with E-state index in [0.29, 0.717) is 6.54 Å². The molecule has 4 N–H and O–H groups in total. The average Bonchev–Trinajstić information content (AvgIpc) is 2.27. The predicted octanol–water partition coefficient (Wildman–Crippen LogP) is -2.42. The molecule has 5 atom stereocenters. The fourth-order valence-electron chi connectivity index (χ4n) is 1.53. The molecule has 1 rings (SSSR count). The SMILES string of the molecule is CCNC(=O)C1O[C@H](OC)[C@@H](O)C(O)[C@@H]1O. The monoisotopic (exact) mass is 235 g/mol. The van der Waals surface area contributed by atoms with E-state index in [9.17, 15) is 20.1 Å². The quantitative estimate of drug-likeness (QED) is 0.433. The number of aliphatic hydroxyl groups excluding tert-OH is 3. The number of nitrogens with one attached hydrogen (secondary N) is 1. The van der Waals surface area contributed by atoms with Crippen LogP contribution in [0.5, 0.6) is 0 Å². The van der Waals surface area contributed by atoms with Gasteiger partial charge in [-0.2, -0.15) is 0 Å². The van der Waals surface area contributed by atoms with Crippen molar-refractivity contribution in [2.75, 3.05) is 13.7 Å². The molecule has 0 aromatic carbocycles. The van der Waals surface area contributed by atoms with Gasteiger partial charge in [0.1, 0.15) is 18.3 Å². The number of methoxy groups -OCH3 is 1. The fourth-order valence-corrected chi connectivity index (χ4v) is 1.53. The van der Waals surface area contributed by atoms with Crippen molar-refractivity contribution in [1.82, 2.24) is 5.32 Å². The number of carbonyl (C=O) groups is 1. The van der Waals surface area contributed by atoms with Gasteiger partial charge in [-0.15, -0.1) is 0 Å². The van der Waals surface area contributed by atoms with Gasteiger partial charge < -0.3 is 30.1 Å². The predicted molar refractivity (Wildman–Crippen MR) is 52.4 cm³/mol. The molecule has 0 radical (unpaired) electrons. The van der Waals surface area contributed by atoms with Crippen molar-refractivity contribution in [3.63, 3.8) is 0 Å². The van der Waals surface area contributed by atoms with Gasteiger partial charge in [0, 0.05) is 13.7 Å². The van der Waals surface area contributed by atoms with Gasteiger partial charge in [-0.05, 0) is 6.92 Å². The third-order valence-electron chi connectivity index (χ3n) is 2.41. The molecule has 0 spiro atoms. The summed E-state index contributed by atoms with van der Waals surface area (Å²) in [6.07, 6.45) is -6.72. The number of rotatable bonds is 3. The lowest BCUT2D eigenvalue weighted by molar-refractivity contribution is -0.283. The summed E-state index contributed by atoms with van der Waals surface area (Å²) in [7, 11) is 1.27. The van der Waals surface area contributed by atoms with Crippen molar-refractivity contribution >= 4 is 5.91 Å². The van der Waals surface area contributed by atoms with Crippen LogP contribution in [0.15, 0.2) is 0 Å². The van der Waals surface area contributed by atoms with E-state index in [1.807, 2.05) is 0 Å². The van der Waals surface area contributed by atoms with Gasteiger partial charge in [-0.1, -0.05) is 0 Å². The van der Waals surface area contributed by atoms with Gasteiger partial charge in [-0.25, -0.2) is 0 Å². The summed E-state index contributed by atoms with van der Waals surface area (Å²) in [5, 5.41) is 31.0. The lowest BCUT2D eigenvalue weighted by atomic mass is 9.98. The Kier molecular flexibility index (Phi) is 4.63. The van der Waals surface area contributed by atoms with Gasteiger partial charge in [0.25, 0.3) is 5.91 Å². The zero-order valence-corrected chi connectivity index (χ0v) is 9.16. The Morgan fingerprint density at radius 2 is 1.94 bits per heavy atom. The van der Waals surface area contributed by atoms with E-state index in [1.165, 1.54) is 7.11 Å². The van der Waals surface area contributed by atoms with E-state index in [-0.39, 0.29) is 0 Å². The van der Waals surface area contributed by atoms with Crippen LogP contribution in [0.25, 0.3) is 0 Å². The van der Waals surface area contributed by atoms with Crippen LogP contribution >= 0.6 is 0 Å². The highest BCUT2D eigenvalue weighted by Gasteiger charge is 2.46. The van der Waals surface area contributed by atoms with E-state index in [0.717, 1.165) is 0 Å². The molecule has 0 aromatic rings. The first-order valence-corrected chi connectivity index (χ1v) is 5.03. The van der Waals surface area contributed by atoms with Crippen molar-refractivity contribution in [2.45, 2.75) is 37.6 Å². The Balaban J connectivity index is 2.74. The molecule has 1 saturated heterocycles. The first kappa shape index (κ1) is 13.3. The summed E-state index contributed by atoms with van der Waals surface area (Å²) in [5.74, 6) is -0.553. The maximum Gasteiger partial charge on any atom is 0.252 e. The van der Waals surface area contributed by atoms with Crippen molar-refractivity contribution < 1.29 is 29.6 Å². The molecule has 0 saturated carbocycles. The highest BCUT2D eigenvalue weighted by atomic mass is 16.7. The topological polar surface area (TPSA) is 108 Å². The van der Waals surface area contributed by atoms with E-state index >= 15 is 0 Å². The van der Waals surface area contributed by atoms with Gasteiger partial charge in [-0.3, -0.25) is 4.79 Å². The van der Waals surface area contributed by atoms with Crippen molar-refractivity contribution in [3.05, 3.63) is 0 Å². The smallest absolute Gasteiger partial charge is 0.252 e. The second-order valence-corrected chi connectivity index (χ2v) is 3.53. The molecule has 1 amide bonds. The number of amides is 1. The Hall–Kier alpha value is -0.730. The van der Waals surface area contributed by atoms with Gasteiger partial charge in [0.05, 0.1) is 0 Å². The summed E-state index contributed by atoms with van der Waals surface area (Å²) in [4.78, 5) is 11.5. The zero-order valence-electron chi connectivity index (χ0n) is 9.16. The summed E-state index contributed by atoms with van der Waals surface area (Å²) in [6, 6.07) is 0. The molecule has 1 heterocycles. The summed E-state index contributed by atoms with van der Waals surface area (Å²) >= 11 is 0. The van der Waals surface area contributed by atoms with E-state index < -0.39 is 36.6 Å². The minimum absolute atomic E-state index is 0.377. The molecule has 16 heavy (non-hydrogen) atoms. The van der Waals surface area contributed by atoms with Crippen LogP contribution in [-0.4, -0.2) is 65.6 Å². The third-order valence-corrected chi connectivity index (χ3v) is 2.41. The first-order valence-electron chi connectivity index (χ1n) is 5.03. The number of ether oxygens (including phenoxy) is 2. The number of hydrogen-bond donors (Lipinski definition) is 4. The third kappa shape index (κ3) is 2.50. The molecule has 0 aromatic heterocycles. The van der Waals surface area contributed by atoms with Crippen LogP contribution in [0.4, 0.5) is 0 Å². The highest BCUT2D eigenvalue weighted by molar-refractivity contribution is 5.81. The average molecular weight is 235 g/mol. The van der Waals surface area contributed by atoms with Crippen molar-refractivity contribution in [2.24, 2.45) is 0 Å². The van der Waals surface area contributed by atoms with Gasteiger partial charge >= 0.3 is 0 Å². The molecule has 1 aliphatic rings. The first-order chi connectivity index (χ1) is 7.52. The van der Waals surface area contributed by atoms with Crippen LogP contribution in [0.2, 0.25) is 0 Å². The number of hydrogen-bond acceptors (Lipinski definition) is 6. The molecule has 0 aliphatic carbocycles. The molecule has 94 valence electrons. The van der Waals surface area contributed by atoms with Crippen LogP contribution in [-0.2, 0) is 14.3 Å². The Morgan fingerprint density at radius 3 is 2.44 bits per heavy atom. The second-order valence-electron chi connectivity index (χ2n) is 3.53. The highest BCUT2D eigenvalue weighted by Crippen LogP contribution is 2.21. The summed E-state index contributed by atoms with van der Waals surface area (Å²) < 4.78 is 9.81. The molecule has 1 aliphatic heterocycles. The molecule has 7 heteroatoms. The maximum absolute atomic E-state index is 11.5. The van der Waals surface area contributed by atoms with E-state index in [1.54, 1.807) is 6.92 Å². The Labute approximate surface area is 93.0 Å². The van der Waals surface area contributed by atoms with Crippen LogP contribution in [0.3, 0.4) is 0 Å². The van der Waals surface area contributed by atoms with Gasteiger partial charge in [0.15, 0.2) is 12.4 Å². The van der Waals surface area contributed by atoms with Crippen LogP contribution < -0.4 is 5.32 Å². The molecular formula is C9H17NO6. The second kappa shape index (κ2) is 5.55. The van der Waals surface area contributed by atoms with Gasteiger partial charge in [0.2, 0.25) is 0 Å². The minimum Gasteiger partial charge on any atom is -0.387 e.